The number of carbonyl (C=O) groups is 1. The fraction of sp³-hybridized carbons (Fsp3) is 0.154. The van der Waals surface area contributed by atoms with Crippen molar-refractivity contribution in [2.75, 3.05) is 6.54 Å². The number of nitrogens with one attached hydrogen (secondary N) is 2. The van der Waals surface area contributed by atoms with Crippen LogP contribution in [0.3, 0.4) is 0 Å². The van der Waals surface area contributed by atoms with Crippen LogP contribution in [0.5, 0.6) is 0 Å². The van der Waals surface area contributed by atoms with Gasteiger partial charge in [-0.1, -0.05) is 41.4 Å². The van der Waals surface area contributed by atoms with Gasteiger partial charge in [0.15, 0.2) is 0 Å². The van der Waals surface area contributed by atoms with Crippen LogP contribution in [0.4, 0.5) is 0 Å². The lowest BCUT2D eigenvalue weighted by atomic mass is 10.1. The molecular weight excluding hydrogens is 455 g/mol. The predicted octanol–water partition coefficient (Wildman–Crippen LogP) is 6.15. The topological polar surface area (TPSA) is 73.6 Å². The van der Waals surface area contributed by atoms with Crippen molar-refractivity contribution in [2.24, 2.45) is 0 Å². The summed E-state index contributed by atoms with van der Waals surface area (Å²) in [6.45, 7) is 4.33. The number of aromatic amines is 1. The summed E-state index contributed by atoms with van der Waals surface area (Å²) in [6.07, 6.45) is 4.24. The quantitative estimate of drug-likeness (QED) is 0.258. The molecule has 2 heterocycles. The van der Waals surface area contributed by atoms with Crippen molar-refractivity contribution in [3.8, 4) is 11.8 Å². The van der Waals surface area contributed by atoms with Crippen molar-refractivity contribution < 1.29 is 4.79 Å². The number of carbonyl (C=O) groups excluding carboxylic acids is 1. The van der Waals surface area contributed by atoms with Gasteiger partial charge in [-0.05, 0) is 67.8 Å². The molecule has 7 heteroatoms. The van der Waals surface area contributed by atoms with Crippen molar-refractivity contribution in [1.29, 1.82) is 5.26 Å². The number of nitriles is 1. The fourth-order valence-corrected chi connectivity index (χ4v) is 4.30. The summed E-state index contributed by atoms with van der Waals surface area (Å²) in [5.74, 6) is -0.392. The first kappa shape index (κ1) is 22.7. The third-order valence-corrected chi connectivity index (χ3v) is 6.39. The van der Waals surface area contributed by atoms with E-state index in [4.69, 9.17) is 23.2 Å². The largest absolute Gasteiger partial charge is 0.361 e. The lowest BCUT2D eigenvalue weighted by Crippen LogP contribution is -2.26. The Bertz CT molecular complexity index is 1420. The molecule has 0 aliphatic carbocycles. The maximum atomic E-state index is 12.7. The average Bonchev–Trinajstić information content (AvgIpc) is 3.34. The number of aryl methyl sites for hydroxylation is 1. The standard InChI is InChI=1S/C26H22Cl2N4O/c1-16-11-19(17(2)32(16)21-7-8-23(27)24(28)13-21)12-20(14-29)26(33)30-10-9-18-15-31-25-6-4-3-5-22(18)25/h3-8,11-13,15,31H,9-10H2,1-2H3,(H,30,33)/b20-12+. The van der Waals surface area contributed by atoms with E-state index < -0.39 is 5.91 Å². The number of para-hydroxylation sites is 1. The van der Waals surface area contributed by atoms with E-state index >= 15 is 0 Å². The number of aromatic nitrogens is 2. The van der Waals surface area contributed by atoms with E-state index in [2.05, 4.69) is 10.3 Å². The van der Waals surface area contributed by atoms with Crippen LogP contribution in [-0.4, -0.2) is 22.0 Å². The summed E-state index contributed by atoms with van der Waals surface area (Å²) in [5.41, 5.74) is 5.75. The molecule has 33 heavy (non-hydrogen) atoms. The molecule has 0 radical (unpaired) electrons. The maximum Gasteiger partial charge on any atom is 0.261 e. The minimum Gasteiger partial charge on any atom is -0.361 e. The molecule has 0 bridgehead atoms. The predicted molar refractivity (Wildman–Crippen MR) is 134 cm³/mol. The van der Waals surface area contributed by atoms with Crippen molar-refractivity contribution in [1.82, 2.24) is 14.9 Å². The van der Waals surface area contributed by atoms with Gasteiger partial charge in [0, 0.05) is 40.7 Å². The van der Waals surface area contributed by atoms with E-state index in [9.17, 15) is 10.1 Å². The molecule has 0 atom stereocenters. The minimum absolute atomic E-state index is 0.0586. The van der Waals surface area contributed by atoms with Crippen LogP contribution >= 0.6 is 23.2 Å². The summed E-state index contributed by atoms with van der Waals surface area (Å²) in [4.78, 5) is 15.9. The highest BCUT2D eigenvalue weighted by atomic mass is 35.5. The molecule has 0 saturated carbocycles. The molecule has 0 spiro atoms. The highest BCUT2D eigenvalue weighted by Crippen LogP contribution is 2.28. The first-order chi connectivity index (χ1) is 15.9. The van der Waals surface area contributed by atoms with Crippen molar-refractivity contribution in [3.05, 3.63) is 92.9 Å². The Balaban J connectivity index is 1.50. The number of benzene rings is 2. The second-order valence-corrected chi connectivity index (χ2v) is 8.61. The van der Waals surface area contributed by atoms with Crippen LogP contribution in [0.25, 0.3) is 22.7 Å². The molecule has 5 nitrogen and oxygen atoms in total. The minimum atomic E-state index is -0.392. The zero-order chi connectivity index (χ0) is 23.5. The van der Waals surface area contributed by atoms with Crippen LogP contribution in [0.2, 0.25) is 10.0 Å². The Hall–Kier alpha value is -3.46. The van der Waals surface area contributed by atoms with E-state index in [0.717, 1.165) is 39.1 Å². The molecule has 166 valence electrons. The number of hydrogen-bond donors (Lipinski definition) is 2. The Labute approximate surface area is 202 Å². The third kappa shape index (κ3) is 4.68. The number of fused-ring (bicyclic) bond motifs is 1. The van der Waals surface area contributed by atoms with E-state index in [-0.39, 0.29) is 5.57 Å². The van der Waals surface area contributed by atoms with Gasteiger partial charge < -0.3 is 14.9 Å². The van der Waals surface area contributed by atoms with Gasteiger partial charge in [-0.15, -0.1) is 0 Å². The van der Waals surface area contributed by atoms with Gasteiger partial charge in [0.05, 0.1) is 10.0 Å². The van der Waals surface area contributed by atoms with Gasteiger partial charge in [0.1, 0.15) is 11.6 Å². The van der Waals surface area contributed by atoms with Crippen molar-refractivity contribution in [3.63, 3.8) is 0 Å². The number of hydrogen-bond acceptors (Lipinski definition) is 2. The van der Waals surface area contributed by atoms with Gasteiger partial charge in [-0.25, -0.2) is 0 Å². The van der Waals surface area contributed by atoms with E-state index in [1.807, 2.05) is 67.1 Å². The lowest BCUT2D eigenvalue weighted by Gasteiger charge is -2.10. The Kier molecular flexibility index (Phi) is 6.60. The van der Waals surface area contributed by atoms with E-state index in [1.165, 1.54) is 0 Å². The third-order valence-electron chi connectivity index (χ3n) is 5.65. The molecule has 1 amide bonds. The Morgan fingerprint density at radius 3 is 2.70 bits per heavy atom. The Morgan fingerprint density at radius 1 is 1.15 bits per heavy atom. The summed E-state index contributed by atoms with van der Waals surface area (Å²) in [7, 11) is 0. The SMILES string of the molecule is Cc1cc(/C=C(\C#N)C(=O)NCCc2c[nH]c3ccccc23)c(C)n1-c1ccc(Cl)c(Cl)c1. The summed E-state index contributed by atoms with van der Waals surface area (Å²) < 4.78 is 2.01. The Morgan fingerprint density at radius 2 is 1.94 bits per heavy atom. The number of amides is 1. The molecule has 2 aromatic carbocycles. The molecule has 4 aromatic rings. The molecule has 0 aliphatic heterocycles. The fourth-order valence-electron chi connectivity index (χ4n) is 4.00. The zero-order valence-electron chi connectivity index (χ0n) is 18.2. The normalized spacial score (nSPS) is 11.5. The number of nitrogens with zero attached hydrogens (tertiary/aromatic N) is 2. The van der Waals surface area contributed by atoms with Gasteiger partial charge in [0.2, 0.25) is 0 Å². The van der Waals surface area contributed by atoms with Crippen LogP contribution in [0.15, 0.2) is 60.3 Å². The first-order valence-electron chi connectivity index (χ1n) is 10.5. The second-order valence-electron chi connectivity index (χ2n) is 7.80. The molecule has 2 aromatic heterocycles. The van der Waals surface area contributed by atoms with Gasteiger partial charge in [-0.2, -0.15) is 5.26 Å². The first-order valence-corrected chi connectivity index (χ1v) is 11.2. The van der Waals surface area contributed by atoms with Crippen LogP contribution in [0, 0.1) is 25.2 Å². The van der Waals surface area contributed by atoms with Crippen LogP contribution in [0.1, 0.15) is 22.5 Å². The average molecular weight is 477 g/mol. The monoisotopic (exact) mass is 476 g/mol. The molecule has 0 fully saturated rings. The van der Waals surface area contributed by atoms with Crippen LogP contribution in [-0.2, 0) is 11.2 Å². The van der Waals surface area contributed by atoms with Crippen molar-refractivity contribution >= 4 is 46.1 Å². The van der Waals surface area contributed by atoms with E-state index in [0.29, 0.717) is 23.0 Å². The number of halogens is 2. The second kappa shape index (κ2) is 9.58. The molecular formula is C26H22Cl2N4O. The van der Waals surface area contributed by atoms with Crippen LogP contribution < -0.4 is 5.32 Å². The number of rotatable bonds is 6. The highest BCUT2D eigenvalue weighted by Gasteiger charge is 2.14. The summed E-state index contributed by atoms with van der Waals surface area (Å²) >= 11 is 12.2. The molecule has 2 N–H and O–H groups in total. The summed E-state index contributed by atoms with van der Waals surface area (Å²) in [6, 6.07) is 17.4. The van der Waals surface area contributed by atoms with Gasteiger partial charge in [0.25, 0.3) is 5.91 Å². The highest BCUT2D eigenvalue weighted by molar-refractivity contribution is 6.42. The smallest absolute Gasteiger partial charge is 0.261 e. The molecule has 4 rings (SSSR count). The van der Waals surface area contributed by atoms with E-state index in [1.54, 1.807) is 18.2 Å². The van der Waals surface area contributed by atoms with Gasteiger partial charge in [-0.3, -0.25) is 4.79 Å². The maximum absolute atomic E-state index is 12.7. The number of H-pyrrole nitrogens is 1. The molecule has 0 saturated heterocycles. The van der Waals surface area contributed by atoms with Crippen molar-refractivity contribution in [2.45, 2.75) is 20.3 Å². The summed E-state index contributed by atoms with van der Waals surface area (Å²) in [5, 5.41) is 14.6. The zero-order valence-corrected chi connectivity index (χ0v) is 19.8. The lowest BCUT2D eigenvalue weighted by molar-refractivity contribution is -0.117. The van der Waals surface area contributed by atoms with Gasteiger partial charge >= 0.3 is 0 Å². The molecule has 0 unspecified atom stereocenters. The molecule has 0 aliphatic rings.